The predicted molar refractivity (Wildman–Crippen MR) is 77.4 cm³/mol. The zero-order valence-electron chi connectivity index (χ0n) is 11.8. The SMILES string of the molecule is CCC1CCCCC1Nc1cc(OC)ccc1C. The first-order valence-electron chi connectivity index (χ1n) is 7.15. The van der Waals surface area contributed by atoms with E-state index in [4.69, 9.17) is 4.74 Å². The average molecular weight is 247 g/mol. The van der Waals surface area contributed by atoms with Gasteiger partial charge in [-0.3, -0.25) is 0 Å². The number of aryl methyl sites for hydroxylation is 1. The first-order valence-corrected chi connectivity index (χ1v) is 7.15. The molecule has 0 radical (unpaired) electrons. The van der Waals surface area contributed by atoms with Crippen LogP contribution in [0.2, 0.25) is 0 Å². The maximum absolute atomic E-state index is 5.31. The first kappa shape index (κ1) is 13.3. The highest BCUT2D eigenvalue weighted by atomic mass is 16.5. The van der Waals surface area contributed by atoms with E-state index in [0.29, 0.717) is 6.04 Å². The van der Waals surface area contributed by atoms with Gasteiger partial charge in [-0.1, -0.05) is 32.3 Å². The van der Waals surface area contributed by atoms with Crippen LogP contribution >= 0.6 is 0 Å². The fraction of sp³-hybridized carbons (Fsp3) is 0.625. The zero-order chi connectivity index (χ0) is 13.0. The van der Waals surface area contributed by atoms with E-state index in [-0.39, 0.29) is 0 Å². The van der Waals surface area contributed by atoms with Gasteiger partial charge in [0.1, 0.15) is 5.75 Å². The second-order valence-electron chi connectivity index (χ2n) is 5.38. The molecule has 0 spiro atoms. The van der Waals surface area contributed by atoms with E-state index >= 15 is 0 Å². The third-order valence-corrected chi connectivity index (χ3v) is 4.22. The topological polar surface area (TPSA) is 21.3 Å². The van der Waals surface area contributed by atoms with Crippen LogP contribution in [0, 0.1) is 12.8 Å². The second-order valence-corrected chi connectivity index (χ2v) is 5.38. The minimum absolute atomic E-state index is 0.634. The summed E-state index contributed by atoms with van der Waals surface area (Å²) in [5.41, 5.74) is 2.54. The summed E-state index contributed by atoms with van der Waals surface area (Å²) in [6, 6.07) is 6.91. The summed E-state index contributed by atoms with van der Waals surface area (Å²) >= 11 is 0. The van der Waals surface area contributed by atoms with Crippen LogP contribution in [0.15, 0.2) is 18.2 Å². The molecule has 0 aromatic heterocycles. The highest BCUT2D eigenvalue weighted by Crippen LogP contribution is 2.31. The lowest BCUT2D eigenvalue weighted by molar-refractivity contribution is 0.317. The molecular formula is C16H25NO. The van der Waals surface area contributed by atoms with Crippen molar-refractivity contribution < 1.29 is 4.74 Å². The van der Waals surface area contributed by atoms with E-state index in [1.807, 2.05) is 6.07 Å². The summed E-state index contributed by atoms with van der Waals surface area (Å²) in [6.07, 6.45) is 6.71. The van der Waals surface area contributed by atoms with Crippen molar-refractivity contribution in [2.24, 2.45) is 5.92 Å². The molecule has 1 aliphatic carbocycles. The normalized spacial score (nSPS) is 23.7. The molecule has 2 heteroatoms. The molecule has 0 bridgehead atoms. The highest BCUT2D eigenvalue weighted by molar-refractivity contribution is 5.55. The Bertz CT molecular complexity index is 389. The number of benzene rings is 1. The lowest BCUT2D eigenvalue weighted by Crippen LogP contribution is -2.32. The Kier molecular flexibility index (Phi) is 4.51. The Balaban J connectivity index is 2.11. The predicted octanol–water partition coefficient (Wildman–Crippen LogP) is 4.38. The molecule has 1 aliphatic rings. The Labute approximate surface area is 111 Å². The van der Waals surface area contributed by atoms with Crippen LogP contribution in [0.4, 0.5) is 5.69 Å². The molecule has 0 saturated heterocycles. The van der Waals surface area contributed by atoms with Crippen LogP contribution in [0.5, 0.6) is 5.75 Å². The van der Waals surface area contributed by atoms with E-state index in [1.165, 1.54) is 43.4 Å². The van der Waals surface area contributed by atoms with Gasteiger partial charge in [0.2, 0.25) is 0 Å². The molecule has 0 amide bonds. The maximum Gasteiger partial charge on any atom is 0.120 e. The van der Waals surface area contributed by atoms with Gasteiger partial charge in [0.25, 0.3) is 0 Å². The first-order chi connectivity index (χ1) is 8.74. The van der Waals surface area contributed by atoms with Crippen molar-refractivity contribution >= 4 is 5.69 Å². The monoisotopic (exact) mass is 247 g/mol. The minimum Gasteiger partial charge on any atom is -0.497 e. The molecule has 2 rings (SSSR count). The largest absolute Gasteiger partial charge is 0.497 e. The summed E-state index contributed by atoms with van der Waals surface area (Å²) in [4.78, 5) is 0. The van der Waals surface area contributed by atoms with Crippen molar-refractivity contribution in [2.45, 2.75) is 52.0 Å². The quantitative estimate of drug-likeness (QED) is 0.852. The summed E-state index contributed by atoms with van der Waals surface area (Å²) < 4.78 is 5.31. The van der Waals surface area contributed by atoms with Gasteiger partial charge in [-0.05, 0) is 37.3 Å². The van der Waals surface area contributed by atoms with E-state index in [1.54, 1.807) is 7.11 Å². The molecule has 1 aromatic rings. The van der Waals surface area contributed by atoms with Crippen LogP contribution in [-0.2, 0) is 0 Å². The smallest absolute Gasteiger partial charge is 0.120 e. The van der Waals surface area contributed by atoms with Crippen LogP contribution < -0.4 is 10.1 Å². The van der Waals surface area contributed by atoms with E-state index < -0.39 is 0 Å². The summed E-state index contributed by atoms with van der Waals surface area (Å²) in [7, 11) is 1.73. The Morgan fingerprint density at radius 1 is 1.28 bits per heavy atom. The number of hydrogen-bond acceptors (Lipinski definition) is 2. The molecule has 18 heavy (non-hydrogen) atoms. The third-order valence-electron chi connectivity index (χ3n) is 4.22. The van der Waals surface area contributed by atoms with Crippen molar-refractivity contribution in [1.82, 2.24) is 0 Å². The number of ether oxygens (including phenoxy) is 1. The molecule has 0 aliphatic heterocycles. The van der Waals surface area contributed by atoms with Gasteiger partial charge in [0.15, 0.2) is 0 Å². The summed E-state index contributed by atoms with van der Waals surface area (Å²) in [5.74, 6) is 1.76. The number of nitrogens with one attached hydrogen (secondary N) is 1. The summed E-state index contributed by atoms with van der Waals surface area (Å²) in [5, 5.41) is 3.74. The lowest BCUT2D eigenvalue weighted by atomic mass is 9.82. The van der Waals surface area contributed by atoms with Crippen LogP contribution in [0.25, 0.3) is 0 Å². The van der Waals surface area contributed by atoms with E-state index in [9.17, 15) is 0 Å². The third kappa shape index (κ3) is 2.98. The molecule has 1 N–H and O–H groups in total. The van der Waals surface area contributed by atoms with Gasteiger partial charge in [0, 0.05) is 17.8 Å². The zero-order valence-corrected chi connectivity index (χ0v) is 11.8. The van der Waals surface area contributed by atoms with Crippen LogP contribution in [0.3, 0.4) is 0 Å². The Morgan fingerprint density at radius 3 is 2.78 bits per heavy atom. The van der Waals surface area contributed by atoms with Gasteiger partial charge < -0.3 is 10.1 Å². The maximum atomic E-state index is 5.31. The molecular weight excluding hydrogens is 222 g/mol. The van der Waals surface area contributed by atoms with E-state index in [2.05, 4.69) is 31.3 Å². The van der Waals surface area contributed by atoms with E-state index in [0.717, 1.165) is 11.7 Å². The molecule has 1 fully saturated rings. The molecule has 1 aromatic carbocycles. The average Bonchev–Trinajstić information content (AvgIpc) is 2.42. The second kappa shape index (κ2) is 6.12. The Morgan fingerprint density at radius 2 is 2.06 bits per heavy atom. The van der Waals surface area contributed by atoms with Crippen molar-refractivity contribution in [1.29, 1.82) is 0 Å². The number of rotatable bonds is 4. The lowest BCUT2D eigenvalue weighted by Gasteiger charge is -2.32. The fourth-order valence-electron chi connectivity index (χ4n) is 2.97. The summed E-state index contributed by atoms with van der Waals surface area (Å²) in [6.45, 7) is 4.47. The van der Waals surface area contributed by atoms with Gasteiger partial charge in [0.05, 0.1) is 7.11 Å². The Hall–Kier alpha value is -1.18. The minimum atomic E-state index is 0.634. The van der Waals surface area contributed by atoms with Crippen molar-refractivity contribution in [3.63, 3.8) is 0 Å². The van der Waals surface area contributed by atoms with Crippen molar-refractivity contribution in [3.8, 4) is 5.75 Å². The molecule has 2 atom stereocenters. The number of methoxy groups -OCH3 is 1. The molecule has 2 nitrogen and oxygen atoms in total. The van der Waals surface area contributed by atoms with Gasteiger partial charge in [-0.25, -0.2) is 0 Å². The van der Waals surface area contributed by atoms with Gasteiger partial charge in [-0.15, -0.1) is 0 Å². The van der Waals surface area contributed by atoms with Gasteiger partial charge >= 0.3 is 0 Å². The molecule has 2 unspecified atom stereocenters. The molecule has 100 valence electrons. The van der Waals surface area contributed by atoms with Crippen molar-refractivity contribution in [3.05, 3.63) is 23.8 Å². The fourth-order valence-corrected chi connectivity index (χ4v) is 2.97. The van der Waals surface area contributed by atoms with Gasteiger partial charge in [-0.2, -0.15) is 0 Å². The number of anilines is 1. The standard InChI is InChI=1S/C16H25NO/c1-4-13-7-5-6-8-15(13)17-16-11-14(18-3)10-9-12(16)2/h9-11,13,15,17H,4-8H2,1-3H3. The molecule has 1 saturated carbocycles. The van der Waals surface area contributed by atoms with Crippen LogP contribution in [0.1, 0.15) is 44.6 Å². The highest BCUT2D eigenvalue weighted by Gasteiger charge is 2.23. The van der Waals surface area contributed by atoms with Crippen molar-refractivity contribution in [2.75, 3.05) is 12.4 Å². The molecule has 0 heterocycles. The number of hydrogen-bond donors (Lipinski definition) is 1. The van der Waals surface area contributed by atoms with Crippen LogP contribution in [-0.4, -0.2) is 13.2 Å².